The second-order valence-electron chi connectivity index (χ2n) is 7.53. The summed E-state index contributed by atoms with van der Waals surface area (Å²) in [6, 6.07) is 7.88. The van der Waals surface area contributed by atoms with Crippen molar-refractivity contribution >= 4 is 35.2 Å². The fraction of sp³-hybridized carbons (Fsp3) is 0.550. The van der Waals surface area contributed by atoms with E-state index >= 15 is 0 Å². The summed E-state index contributed by atoms with van der Waals surface area (Å²) in [5, 5.41) is 0. The predicted octanol–water partition coefficient (Wildman–Crippen LogP) is 1.84. The first-order chi connectivity index (χ1) is 13.1. The lowest BCUT2D eigenvalue weighted by molar-refractivity contribution is -0.142. The van der Waals surface area contributed by atoms with Crippen LogP contribution in [0.5, 0.6) is 0 Å². The van der Waals surface area contributed by atoms with Crippen LogP contribution in [0.15, 0.2) is 29.2 Å². The number of nitrogens with zero attached hydrogens (tertiary/aromatic N) is 3. The molecule has 0 bridgehead atoms. The lowest BCUT2D eigenvalue weighted by Gasteiger charge is -2.36. The van der Waals surface area contributed by atoms with Gasteiger partial charge in [0, 0.05) is 55.6 Å². The Labute approximate surface area is 163 Å². The molecule has 0 unspecified atom stereocenters. The van der Waals surface area contributed by atoms with Gasteiger partial charge in [0.05, 0.1) is 5.92 Å². The minimum Gasteiger partial charge on any atom is -0.339 e. The summed E-state index contributed by atoms with van der Waals surface area (Å²) in [4.78, 5) is 44.1. The maximum Gasteiger partial charge on any atom is 0.228 e. The molecule has 3 aliphatic rings. The van der Waals surface area contributed by atoms with Crippen LogP contribution in [-0.4, -0.2) is 66.5 Å². The van der Waals surface area contributed by atoms with Gasteiger partial charge in [-0.05, 0) is 43.4 Å². The molecule has 6 nitrogen and oxygen atoms in total. The Bertz CT molecular complexity index is 739. The van der Waals surface area contributed by atoms with Gasteiger partial charge in [-0.25, -0.2) is 0 Å². The lowest BCUT2D eigenvalue weighted by atomic mass is 10.1. The number of carbonyl (C=O) groups excluding carboxylic acids is 3. The number of piperazine rings is 1. The van der Waals surface area contributed by atoms with Crippen molar-refractivity contribution in [2.75, 3.05) is 43.9 Å². The van der Waals surface area contributed by atoms with Crippen LogP contribution in [0.25, 0.3) is 0 Å². The first-order valence-electron chi connectivity index (χ1n) is 9.59. The minimum absolute atomic E-state index is 0.00722. The van der Waals surface area contributed by atoms with Crippen molar-refractivity contribution in [3.8, 4) is 0 Å². The van der Waals surface area contributed by atoms with Crippen molar-refractivity contribution < 1.29 is 14.4 Å². The maximum atomic E-state index is 12.9. The summed E-state index contributed by atoms with van der Waals surface area (Å²) in [6.45, 7) is 2.81. The summed E-state index contributed by atoms with van der Waals surface area (Å²) in [5.74, 6) is 0.241. The van der Waals surface area contributed by atoms with E-state index in [1.54, 1.807) is 16.7 Å². The molecule has 1 aliphatic carbocycles. The van der Waals surface area contributed by atoms with E-state index < -0.39 is 0 Å². The molecule has 1 saturated carbocycles. The highest BCUT2D eigenvalue weighted by molar-refractivity contribution is 7.98. The first-order valence-corrected chi connectivity index (χ1v) is 10.8. The molecular formula is C20H25N3O3S. The second-order valence-corrected chi connectivity index (χ2v) is 8.41. The summed E-state index contributed by atoms with van der Waals surface area (Å²) in [5.41, 5.74) is 0.855. The maximum absolute atomic E-state index is 12.9. The van der Waals surface area contributed by atoms with Crippen LogP contribution in [0.3, 0.4) is 0 Å². The zero-order valence-corrected chi connectivity index (χ0v) is 16.4. The van der Waals surface area contributed by atoms with Crippen LogP contribution in [0.2, 0.25) is 0 Å². The van der Waals surface area contributed by atoms with Gasteiger partial charge in [-0.3, -0.25) is 14.4 Å². The summed E-state index contributed by atoms with van der Waals surface area (Å²) in [6.07, 6.45) is 4.30. The van der Waals surface area contributed by atoms with E-state index in [4.69, 9.17) is 0 Å². The average molecular weight is 388 g/mol. The molecule has 1 aromatic carbocycles. The van der Waals surface area contributed by atoms with Crippen molar-refractivity contribution in [1.29, 1.82) is 0 Å². The molecule has 2 saturated heterocycles. The van der Waals surface area contributed by atoms with Gasteiger partial charge in [0.1, 0.15) is 0 Å². The third-order valence-corrected chi connectivity index (χ3v) is 6.43. The molecule has 7 heteroatoms. The van der Waals surface area contributed by atoms with Gasteiger partial charge in [-0.2, -0.15) is 0 Å². The molecule has 3 amide bonds. The number of benzene rings is 1. The topological polar surface area (TPSA) is 60.9 Å². The Hall–Kier alpha value is -2.02. The molecule has 0 spiro atoms. The molecule has 0 N–H and O–H groups in total. The smallest absolute Gasteiger partial charge is 0.228 e. The number of hydrogen-bond donors (Lipinski definition) is 0. The van der Waals surface area contributed by atoms with Gasteiger partial charge in [-0.1, -0.05) is 0 Å². The number of hydrogen-bond acceptors (Lipinski definition) is 4. The quantitative estimate of drug-likeness (QED) is 0.740. The van der Waals surface area contributed by atoms with Gasteiger partial charge in [0.2, 0.25) is 17.7 Å². The highest BCUT2D eigenvalue weighted by Crippen LogP contribution is 2.32. The third kappa shape index (κ3) is 3.83. The molecule has 144 valence electrons. The summed E-state index contributed by atoms with van der Waals surface area (Å²) < 4.78 is 0. The number of carbonyl (C=O) groups is 3. The molecule has 1 atom stereocenters. The Balaban J connectivity index is 1.34. The molecule has 4 rings (SSSR count). The number of thioether (sulfide) groups is 1. The second kappa shape index (κ2) is 7.54. The van der Waals surface area contributed by atoms with Gasteiger partial charge in [0.25, 0.3) is 0 Å². The van der Waals surface area contributed by atoms with Crippen molar-refractivity contribution in [3.05, 3.63) is 24.3 Å². The van der Waals surface area contributed by atoms with E-state index in [9.17, 15) is 14.4 Å². The molecular weight excluding hydrogens is 362 g/mol. The van der Waals surface area contributed by atoms with Crippen LogP contribution >= 0.6 is 11.8 Å². The standard InChI is InChI=1S/C20H25N3O3S/c1-27-17-6-4-16(5-7-17)23-13-15(12-18(23)24)20(26)22-10-8-21(9-11-22)19(25)14-2-3-14/h4-7,14-15H,2-3,8-13H2,1H3/t15-/m0/s1. The first kappa shape index (κ1) is 18.3. The molecule has 2 aliphatic heterocycles. The normalized spacial score (nSPS) is 23.1. The zero-order valence-electron chi connectivity index (χ0n) is 15.6. The highest BCUT2D eigenvalue weighted by Gasteiger charge is 2.39. The lowest BCUT2D eigenvalue weighted by Crippen LogP contribution is -2.52. The van der Waals surface area contributed by atoms with E-state index in [0.29, 0.717) is 32.7 Å². The van der Waals surface area contributed by atoms with Crippen LogP contribution < -0.4 is 4.90 Å². The van der Waals surface area contributed by atoms with Crippen molar-refractivity contribution in [1.82, 2.24) is 9.80 Å². The van der Waals surface area contributed by atoms with E-state index in [1.807, 2.05) is 40.3 Å². The van der Waals surface area contributed by atoms with Crippen LogP contribution in [0.4, 0.5) is 5.69 Å². The van der Waals surface area contributed by atoms with Gasteiger partial charge in [0.15, 0.2) is 0 Å². The fourth-order valence-electron chi connectivity index (χ4n) is 3.88. The largest absolute Gasteiger partial charge is 0.339 e. The predicted molar refractivity (Wildman–Crippen MR) is 105 cm³/mol. The highest BCUT2D eigenvalue weighted by atomic mass is 32.2. The molecule has 0 aromatic heterocycles. The SMILES string of the molecule is CSc1ccc(N2C[C@@H](C(=O)N3CCN(C(=O)C4CC4)CC3)CC2=O)cc1. The van der Waals surface area contributed by atoms with Gasteiger partial charge in [-0.15, -0.1) is 11.8 Å². The third-order valence-electron chi connectivity index (χ3n) is 5.69. The van der Waals surface area contributed by atoms with Crippen molar-refractivity contribution in [3.63, 3.8) is 0 Å². The van der Waals surface area contributed by atoms with Gasteiger partial charge >= 0.3 is 0 Å². The van der Waals surface area contributed by atoms with E-state index in [1.165, 1.54) is 0 Å². The van der Waals surface area contributed by atoms with Gasteiger partial charge < -0.3 is 14.7 Å². The van der Waals surface area contributed by atoms with Crippen molar-refractivity contribution in [2.45, 2.75) is 24.2 Å². The van der Waals surface area contributed by atoms with E-state index in [2.05, 4.69) is 0 Å². The Morgan fingerprint density at radius 1 is 0.926 bits per heavy atom. The molecule has 3 fully saturated rings. The average Bonchev–Trinajstić information content (AvgIpc) is 3.49. The molecule has 1 aromatic rings. The van der Waals surface area contributed by atoms with Crippen LogP contribution in [0, 0.1) is 11.8 Å². The Kier molecular flexibility index (Phi) is 5.12. The number of anilines is 1. The zero-order chi connectivity index (χ0) is 19.0. The van der Waals surface area contributed by atoms with Crippen molar-refractivity contribution in [2.24, 2.45) is 11.8 Å². The monoisotopic (exact) mass is 387 g/mol. The van der Waals surface area contributed by atoms with Crippen LogP contribution in [0.1, 0.15) is 19.3 Å². The number of amides is 3. The van der Waals surface area contributed by atoms with E-state index in [-0.39, 0.29) is 36.0 Å². The summed E-state index contributed by atoms with van der Waals surface area (Å²) in [7, 11) is 0. The number of rotatable bonds is 4. The fourth-order valence-corrected chi connectivity index (χ4v) is 4.29. The summed E-state index contributed by atoms with van der Waals surface area (Å²) >= 11 is 1.66. The van der Waals surface area contributed by atoms with Crippen LogP contribution in [-0.2, 0) is 14.4 Å². The van der Waals surface area contributed by atoms with E-state index in [0.717, 1.165) is 23.4 Å². The Morgan fingerprint density at radius 2 is 1.48 bits per heavy atom. The minimum atomic E-state index is -0.289. The molecule has 27 heavy (non-hydrogen) atoms. The Morgan fingerprint density at radius 3 is 2.00 bits per heavy atom. The molecule has 0 radical (unpaired) electrons. The molecule has 2 heterocycles.